The third-order valence-corrected chi connectivity index (χ3v) is 10.1. The zero-order chi connectivity index (χ0) is 21.7. The average molecular weight is 411 g/mol. The molecule has 0 N–H and O–H groups in total. The van der Waals surface area contributed by atoms with Gasteiger partial charge in [-0.15, -0.1) is 0 Å². The highest BCUT2D eigenvalue weighted by atomic mass is 28.4. The van der Waals surface area contributed by atoms with Crippen LogP contribution in [0.15, 0.2) is 12.2 Å². The molecule has 2 aliphatic rings. The Hall–Kier alpha value is -1.67. The Morgan fingerprint density at radius 2 is 1.68 bits per heavy atom. The van der Waals surface area contributed by atoms with Gasteiger partial charge in [-0.3, -0.25) is 9.69 Å². The molecule has 2 rings (SSSR count). The van der Waals surface area contributed by atoms with Crippen LogP contribution >= 0.6 is 0 Å². The molecule has 28 heavy (non-hydrogen) atoms. The standard InChI is InChI=1S/C20H34N2O5Si/c1-13-16(23)22(17(24)21(13)18(25)26-19(2,3)4)14-10-11-15(12-14)27-28(8,9)20(5,6)7/h10-11,13-15H,12H2,1-9H3/t13?,14-,15+/m0/s1. The topological polar surface area (TPSA) is 76.2 Å². The second-order valence-corrected chi connectivity index (χ2v) is 14.9. The van der Waals surface area contributed by atoms with Crippen molar-refractivity contribution in [1.29, 1.82) is 0 Å². The van der Waals surface area contributed by atoms with E-state index < -0.39 is 44.0 Å². The van der Waals surface area contributed by atoms with Gasteiger partial charge in [0.05, 0.1) is 12.1 Å². The number of carbonyl (C=O) groups is 3. The second kappa shape index (κ2) is 7.30. The Labute approximate surface area is 169 Å². The Morgan fingerprint density at radius 3 is 2.18 bits per heavy atom. The van der Waals surface area contributed by atoms with E-state index in [0.717, 1.165) is 4.90 Å². The van der Waals surface area contributed by atoms with Gasteiger partial charge in [0.15, 0.2) is 8.32 Å². The lowest BCUT2D eigenvalue weighted by atomic mass is 10.2. The van der Waals surface area contributed by atoms with Crippen LogP contribution in [0.25, 0.3) is 0 Å². The number of imide groups is 2. The molecule has 0 radical (unpaired) electrons. The molecule has 8 heteroatoms. The summed E-state index contributed by atoms with van der Waals surface area (Å²) in [5.41, 5.74) is -0.747. The van der Waals surface area contributed by atoms with E-state index in [1.807, 2.05) is 12.2 Å². The largest absolute Gasteiger partial charge is 0.443 e. The SMILES string of the molecule is CC1C(=O)N([C@H]2C=C[C@@H](O[Si](C)(C)C(C)(C)C)C2)C(=O)N1C(=O)OC(C)(C)C. The molecule has 0 aromatic carbocycles. The van der Waals surface area contributed by atoms with Crippen LogP contribution in [-0.4, -0.2) is 59.9 Å². The maximum atomic E-state index is 12.9. The van der Waals surface area contributed by atoms with E-state index in [1.165, 1.54) is 4.90 Å². The molecule has 1 heterocycles. The van der Waals surface area contributed by atoms with E-state index in [2.05, 4.69) is 33.9 Å². The van der Waals surface area contributed by atoms with Crippen LogP contribution < -0.4 is 0 Å². The number of hydrogen-bond acceptors (Lipinski definition) is 5. The fourth-order valence-corrected chi connectivity index (χ4v) is 4.31. The third-order valence-electron chi connectivity index (χ3n) is 5.59. The predicted octanol–water partition coefficient (Wildman–Crippen LogP) is 4.29. The smallest absolute Gasteiger partial charge is 0.419 e. The summed E-state index contributed by atoms with van der Waals surface area (Å²) < 4.78 is 11.7. The van der Waals surface area contributed by atoms with Gasteiger partial charge in [-0.2, -0.15) is 0 Å². The summed E-state index contributed by atoms with van der Waals surface area (Å²) in [4.78, 5) is 40.1. The van der Waals surface area contributed by atoms with Gasteiger partial charge >= 0.3 is 12.1 Å². The van der Waals surface area contributed by atoms with Crippen molar-refractivity contribution in [3.05, 3.63) is 12.2 Å². The van der Waals surface area contributed by atoms with Crippen molar-refractivity contribution < 1.29 is 23.5 Å². The number of urea groups is 1. The molecule has 7 nitrogen and oxygen atoms in total. The summed E-state index contributed by atoms with van der Waals surface area (Å²) in [6.45, 7) is 17.6. The molecule has 0 aromatic rings. The first-order chi connectivity index (χ1) is 12.5. The van der Waals surface area contributed by atoms with Gasteiger partial charge in [0, 0.05) is 6.42 Å². The third kappa shape index (κ3) is 4.49. The predicted molar refractivity (Wildman–Crippen MR) is 109 cm³/mol. The first-order valence-electron chi connectivity index (χ1n) is 9.80. The number of carbonyl (C=O) groups excluding carboxylic acids is 3. The number of hydrogen-bond donors (Lipinski definition) is 0. The first kappa shape index (κ1) is 22.6. The molecule has 0 bridgehead atoms. The number of ether oxygens (including phenoxy) is 1. The molecule has 3 atom stereocenters. The second-order valence-electron chi connectivity index (χ2n) is 10.1. The fourth-order valence-electron chi connectivity index (χ4n) is 3.02. The summed E-state index contributed by atoms with van der Waals surface area (Å²) in [7, 11) is -1.97. The first-order valence-corrected chi connectivity index (χ1v) is 12.7. The van der Waals surface area contributed by atoms with Gasteiger partial charge in [0.2, 0.25) is 0 Å². The maximum Gasteiger partial charge on any atom is 0.419 e. The molecule has 1 fully saturated rings. The van der Waals surface area contributed by atoms with Crippen LogP contribution in [0.5, 0.6) is 0 Å². The van der Waals surface area contributed by atoms with Gasteiger partial charge in [0.1, 0.15) is 11.6 Å². The summed E-state index contributed by atoms with van der Waals surface area (Å²) >= 11 is 0. The molecular formula is C20H34N2O5Si. The van der Waals surface area contributed by atoms with E-state index in [-0.39, 0.29) is 11.1 Å². The van der Waals surface area contributed by atoms with Gasteiger partial charge < -0.3 is 9.16 Å². The lowest BCUT2D eigenvalue weighted by molar-refractivity contribution is -0.128. The van der Waals surface area contributed by atoms with E-state index in [1.54, 1.807) is 27.7 Å². The van der Waals surface area contributed by atoms with Crippen LogP contribution in [0.3, 0.4) is 0 Å². The van der Waals surface area contributed by atoms with Crippen molar-refractivity contribution in [2.75, 3.05) is 0 Å². The fraction of sp³-hybridized carbons (Fsp3) is 0.750. The number of rotatable bonds is 3. The van der Waals surface area contributed by atoms with E-state index in [9.17, 15) is 14.4 Å². The molecule has 0 spiro atoms. The van der Waals surface area contributed by atoms with Crippen molar-refractivity contribution in [3.63, 3.8) is 0 Å². The lowest BCUT2D eigenvalue weighted by Gasteiger charge is -2.38. The normalized spacial score (nSPS) is 26.4. The van der Waals surface area contributed by atoms with Crippen LogP contribution in [0.4, 0.5) is 9.59 Å². The molecular weight excluding hydrogens is 376 g/mol. The molecule has 0 saturated carbocycles. The molecule has 4 amide bonds. The van der Waals surface area contributed by atoms with Crippen molar-refractivity contribution >= 4 is 26.3 Å². The quantitative estimate of drug-likeness (QED) is 0.394. The Morgan fingerprint density at radius 1 is 1.11 bits per heavy atom. The Bertz CT molecular complexity index is 690. The van der Waals surface area contributed by atoms with Crippen LogP contribution in [-0.2, 0) is 14.0 Å². The Balaban J connectivity index is 2.11. The minimum Gasteiger partial charge on any atom is -0.443 e. The van der Waals surface area contributed by atoms with Crippen molar-refractivity contribution in [1.82, 2.24) is 9.80 Å². The van der Waals surface area contributed by atoms with Crippen molar-refractivity contribution in [2.45, 2.75) is 96.8 Å². The summed E-state index contributed by atoms with van der Waals surface area (Å²) in [6, 6.07) is -1.92. The van der Waals surface area contributed by atoms with Gasteiger partial charge in [-0.05, 0) is 45.8 Å². The van der Waals surface area contributed by atoms with E-state index >= 15 is 0 Å². The highest BCUT2D eigenvalue weighted by Crippen LogP contribution is 2.39. The minimum atomic E-state index is -1.97. The van der Waals surface area contributed by atoms with Crippen molar-refractivity contribution in [2.24, 2.45) is 0 Å². The molecule has 1 aliphatic heterocycles. The van der Waals surface area contributed by atoms with Gasteiger partial charge in [-0.1, -0.05) is 32.9 Å². The molecule has 0 aromatic heterocycles. The van der Waals surface area contributed by atoms with Crippen LogP contribution in [0, 0.1) is 0 Å². The van der Waals surface area contributed by atoms with Gasteiger partial charge in [-0.25, -0.2) is 14.5 Å². The summed E-state index contributed by atoms with van der Waals surface area (Å²) in [5.74, 6) is -0.390. The zero-order valence-electron chi connectivity index (χ0n) is 18.5. The number of amides is 4. The number of nitrogens with zero attached hydrogens (tertiary/aromatic N) is 2. The highest BCUT2D eigenvalue weighted by Gasteiger charge is 2.51. The van der Waals surface area contributed by atoms with E-state index in [0.29, 0.717) is 6.42 Å². The monoisotopic (exact) mass is 410 g/mol. The molecule has 158 valence electrons. The lowest BCUT2D eigenvalue weighted by Crippen LogP contribution is -2.45. The van der Waals surface area contributed by atoms with E-state index in [4.69, 9.17) is 9.16 Å². The molecule has 1 aliphatic carbocycles. The minimum absolute atomic E-state index is 0.0697. The van der Waals surface area contributed by atoms with Crippen molar-refractivity contribution in [3.8, 4) is 0 Å². The average Bonchev–Trinajstić information content (AvgIpc) is 2.99. The van der Waals surface area contributed by atoms with Crippen LogP contribution in [0.2, 0.25) is 18.1 Å². The highest BCUT2D eigenvalue weighted by molar-refractivity contribution is 6.74. The summed E-state index contributed by atoms with van der Waals surface area (Å²) in [5, 5.41) is 0.0697. The summed E-state index contributed by atoms with van der Waals surface area (Å²) in [6.07, 6.45) is 3.33. The van der Waals surface area contributed by atoms with Gasteiger partial charge in [0.25, 0.3) is 5.91 Å². The zero-order valence-corrected chi connectivity index (χ0v) is 19.5. The molecule has 1 saturated heterocycles. The Kier molecular flexibility index (Phi) is 5.89. The molecule has 1 unspecified atom stereocenters. The maximum absolute atomic E-state index is 12.9. The van der Waals surface area contributed by atoms with Crippen LogP contribution in [0.1, 0.15) is 54.9 Å².